The van der Waals surface area contributed by atoms with E-state index >= 15 is 0 Å². The third kappa shape index (κ3) is 3.68. The van der Waals surface area contributed by atoms with Crippen molar-refractivity contribution in [3.8, 4) is 11.5 Å². The van der Waals surface area contributed by atoms with Gasteiger partial charge in [-0.05, 0) is 67.6 Å². The molecule has 2 saturated heterocycles. The van der Waals surface area contributed by atoms with Crippen LogP contribution in [-0.4, -0.2) is 44.8 Å². The maximum absolute atomic E-state index is 6.22. The molecule has 0 bridgehead atoms. The fourth-order valence-corrected chi connectivity index (χ4v) is 4.85. The van der Waals surface area contributed by atoms with Crippen LogP contribution < -0.4 is 14.4 Å². The van der Waals surface area contributed by atoms with Crippen molar-refractivity contribution in [2.75, 3.05) is 38.8 Å². The fourth-order valence-electron chi connectivity index (χ4n) is 4.73. The van der Waals surface area contributed by atoms with Crippen LogP contribution in [0.3, 0.4) is 0 Å². The van der Waals surface area contributed by atoms with Crippen molar-refractivity contribution in [1.82, 2.24) is 4.90 Å². The number of hydrogen-bond donors (Lipinski definition) is 0. The summed E-state index contributed by atoms with van der Waals surface area (Å²) >= 11 is 6.22. The van der Waals surface area contributed by atoms with Crippen LogP contribution >= 0.6 is 11.6 Å². The first-order valence-electron chi connectivity index (χ1n) is 10.1. The summed E-state index contributed by atoms with van der Waals surface area (Å²) in [4.78, 5) is 5.21. The van der Waals surface area contributed by atoms with Gasteiger partial charge in [0, 0.05) is 42.4 Å². The van der Waals surface area contributed by atoms with E-state index in [2.05, 4.69) is 41.0 Å². The van der Waals surface area contributed by atoms with Gasteiger partial charge in [0.05, 0.1) is 14.2 Å². The first-order valence-corrected chi connectivity index (χ1v) is 10.5. The van der Waals surface area contributed by atoms with Gasteiger partial charge in [0.2, 0.25) is 0 Å². The number of piperazine rings is 1. The summed E-state index contributed by atoms with van der Waals surface area (Å²) in [6.07, 6.45) is 3.71. The van der Waals surface area contributed by atoms with Gasteiger partial charge in [0.15, 0.2) is 11.5 Å². The zero-order valence-corrected chi connectivity index (χ0v) is 17.7. The lowest BCUT2D eigenvalue weighted by Gasteiger charge is -2.49. The Kier molecular flexibility index (Phi) is 5.70. The van der Waals surface area contributed by atoms with Gasteiger partial charge in [-0.2, -0.15) is 0 Å². The van der Waals surface area contributed by atoms with E-state index in [0.717, 1.165) is 41.7 Å². The van der Waals surface area contributed by atoms with Crippen molar-refractivity contribution >= 4 is 17.3 Å². The smallest absolute Gasteiger partial charge is 0.161 e. The van der Waals surface area contributed by atoms with Gasteiger partial charge >= 0.3 is 0 Å². The molecule has 150 valence electrons. The first-order chi connectivity index (χ1) is 13.6. The Balaban J connectivity index is 1.53. The van der Waals surface area contributed by atoms with E-state index in [9.17, 15) is 0 Å². The summed E-state index contributed by atoms with van der Waals surface area (Å²) in [5.74, 6) is 1.61. The first kappa shape index (κ1) is 19.4. The Hall–Kier alpha value is -1.91. The minimum absolute atomic E-state index is 0.452. The minimum Gasteiger partial charge on any atom is -0.493 e. The number of fused-ring (bicyclic) bond motifs is 1. The molecule has 2 aliphatic rings. The predicted octanol–water partition coefficient (Wildman–Crippen LogP) is 5.08. The number of anilines is 1. The predicted molar refractivity (Wildman–Crippen MR) is 115 cm³/mol. The van der Waals surface area contributed by atoms with Crippen LogP contribution in [0.2, 0.25) is 5.02 Å². The number of aryl methyl sites for hydroxylation is 1. The van der Waals surface area contributed by atoms with Crippen LogP contribution in [0, 0.1) is 6.92 Å². The molecule has 2 heterocycles. The Morgan fingerprint density at radius 3 is 2.54 bits per heavy atom. The Bertz CT molecular complexity index is 841. The van der Waals surface area contributed by atoms with Gasteiger partial charge in [-0.25, -0.2) is 0 Å². The van der Waals surface area contributed by atoms with Crippen molar-refractivity contribution in [2.24, 2.45) is 0 Å². The molecular weight excluding hydrogens is 372 g/mol. The van der Waals surface area contributed by atoms with Crippen molar-refractivity contribution in [1.29, 1.82) is 0 Å². The van der Waals surface area contributed by atoms with Crippen LogP contribution in [-0.2, 0) is 0 Å². The summed E-state index contributed by atoms with van der Waals surface area (Å²) in [6, 6.07) is 13.8. The SMILES string of the molecule is COc1ccc([C@H]2CCCC3CN(c4ccc(Cl)c(C)c4)CCN32)cc1OC. The maximum Gasteiger partial charge on any atom is 0.161 e. The molecule has 2 aliphatic heterocycles. The number of benzene rings is 2. The third-order valence-corrected chi connectivity index (χ3v) is 6.67. The van der Waals surface area contributed by atoms with E-state index in [1.807, 2.05) is 12.1 Å². The highest BCUT2D eigenvalue weighted by Crippen LogP contribution is 2.40. The van der Waals surface area contributed by atoms with Gasteiger partial charge < -0.3 is 14.4 Å². The van der Waals surface area contributed by atoms with Crippen molar-refractivity contribution in [3.05, 3.63) is 52.5 Å². The number of hydrogen-bond acceptors (Lipinski definition) is 4. The lowest BCUT2D eigenvalue weighted by Crippen LogP contribution is -2.55. The number of nitrogens with zero attached hydrogens (tertiary/aromatic N) is 2. The van der Waals surface area contributed by atoms with Gasteiger partial charge in [-0.15, -0.1) is 0 Å². The van der Waals surface area contributed by atoms with Crippen molar-refractivity contribution in [3.63, 3.8) is 0 Å². The highest BCUT2D eigenvalue weighted by atomic mass is 35.5. The van der Waals surface area contributed by atoms with Crippen molar-refractivity contribution in [2.45, 2.75) is 38.3 Å². The molecule has 0 N–H and O–H groups in total. The van der Waals surface area contributed by atoms with E-state index in [1.165, 1.54) is 30.5 Å². The summed E-state index contributed by atoms with van der Waals surface area (Å²) in [7, 11) is 3.39. The summed E-state index contributed by atoms with van der Waals surface area (Å²) in [5.41, 5.74) is 3.77. The van der Waals surface area contributed by atoms with Gasteiger partial charge in [0.25, 0.3) is 0 Å². The number of methoxy groups -OCH3 is 2. The van der Waals surface area contributed by atoms with Crippen LogP contribution in [0.15, 0.2) is 36.4 Å². The molecule has 0 amide bonds. The molecular formula is C23H29ClN2O2. The van der Waals surface area contributed by atoms with Crippen LogP contribution in [0.4, 0.5) is 5.69 Å². The fraction of sp³-hybridized carbons (Fsp3) is 0.478. The van der Waals surface area contributed by atoms with Crippen molar-refractivity contribution < 1.29 is 9.47 Å². The number of piperidine rings is 1. The third-order valence-electron chi connectivity index (χ3n) is 6.24. The second-order valence-corrected chi connectivity index (χ2v) is 8.24. The quantitative estimate of drug-likeness (QED) is 0.714. The molecule has 0 aromatic heterocycles. The molecule has 0 spiro atoms. The summed E-state index contributed by atoms with van der Waals surface area (Å²) in [6.45, 7) is 5.27. The molecule has 0 aliphatic carbocycles. The molecule has 2 fully saturated rings. The van der Waals surface area contributed by atoms with Crippen LogP contribution in [0.25, 0.3) is 0 Å². The zero-order chi connectivity index (χ0) is 19.7. The minimum atomic E-state index is 0.452. The molecule has 28 heavy (non-hydrogen) atoms. The molecule has 2 aromatic rings. The van der Waals surface area contributed by atoms with Crippen LogP contribution in [0.5, 0.6) is 11.5 Å². The number of halogens is 1. The second-order valence-electron chi connectivity index (χ2n) is 7.83. The van der Waals surface area contributed by atoms with E-state index in [4.69, 9.17) is 21.1 Å². The molecule has 0 radical (unpaired) electrons. The topological polar surface area (TPSA) is 24.9 Å². The van der Waals surface area contributed by atoms with Crippen LogP contribution in [0.1, 0.15) is 36.4 Å². The molecule has 2 atom stereocenters. The summed E-state index contributed by atoms with van der Waals surface area (Å²) < 4.78 is 10.9. The Labute approximate surface area is 173 Å². The second kappa shape index (κ2) is 8.22. The average molecular weight is 401 g/mol. The molecule has 4 rings (SSSR count). The standard InChI is InChI=1S/C23H29ClN2O2/c1-16-13-18(8-9-20(16)24)25-11-12-26-19(15-25)5-4-6-21(26)17-7-10-22(27-2)23(14-17)28-3/h7-10,13-14,19,21H,4-6,11-12,15H2,1-3H3/t19?,21-/m1/s1. The molecule has 1 unspecified atom stereocenters. The zero-order valence-electron chi connectivity index (χ0n) is 17.0. The average Bonchev–Trinajstić information content (AvgIpc) is 2.74. The highest BCUT2D eigenvalue weighted by molar-refractivity contribution is 6.31. The van der Waals surface area contributed by atoms with Gasteiger partial charge in [-0.1, -0.05) is 17.7 Å². The Morgan fingerprint density at radius 1 is 0.964 bits per heavy atom. The Morgan fingerprint density at radius 2 is 1.79 bits per heavy atom. The number of ether oxygens (including phenoxy) is 2. The molecule has 2 aromatic carbocycles. The monoisotopic (exact) mass is 400 g/mol. The van der Waals surface area contributed by atoms with Gasteiger partial charge in [0.1, 0.15) is 0 Å². The molecule has 5 heteroatoms. The molecule has 4 nitrogen and oxygen atoms in total. The molecule has 0 saturated carbocycles. The maximum atomic E-state index is 6.22. The van der Waals surface area contributed by atoms with Gasteiger partial charge in [-0.3, -0.25) is 4.90 Å². The van der Waals surface area contributed by atoms with E-state index in [1.54, 1.807) is 14.2 Å². The van der Waals surface area contributed by atoms with E-state index in [0.29, 0.717) is 12.1 Å². The normalized spacial score (nSPS) is 22.6. The summed E-state index contributed by atoms with van der Waals surface area (Å²) in [5, 5.41) is 0.841. The lowest BCUT2D eigenvalue weighted by molar-refractivity contribution is 0.0715. The largest absolute Gasteiger partial charge is 0.493 e. The number of rotatable bonds is 4. The lowest BCUT2D eigenvalue weighted by atomic mass is 9.89. The van der Waals surface area contributed by atoms with E-state index < -0.39 is 0 Å². The highest BCUT2D eigenvalue weighted by Gasteiger charge is 2.36. The van der Waals surface area contributed by atoms with E-state index in [-0.39, 0.29) is 0 Å².